The largest absolute Gasteiger partial charge is 0.481 e. The number of carboxylic acid groups (broad SMARTS) is 1. The van der Waals surface area contributed by atoms with Gasteiger partial charge in [0, 0.05) is 30.9 Å². The highest BCUT2D eigenvalue weighted by atomic mass is 19.4. The van der Waals surface area contributed by atoms with Crippen LogP contribution in [0.2, 0.25) is 0 Å². The number of halogens is 3. The van der Waals surface area contributed by atoms with Crippen LogP contribution in [-0.2, 0) is 4.79 Å². The molecule has 1 aliphatic carbocycles. The molecule has 1 aromatic rings. The van der Waals surface area contributed by atoms with Gasteiger partial charge >= 0.3 is 12.1 Å². The van der Waals surface area contributed by atoms with Crippen molar-refractivity contribution in [1.29, 1.82) is 0 Å². The molecule has 2 heterocycles. The summed E-state index contributed by atoms with van der Waals surface area (Å²) in [7, 11) is 0. The van der Waals surface area contributed by atoms with Gasteiger partial charge in [-0.2, -0.15) is 13.2 Å². The fourth-order valence-electron chi connectivity index (χ4n) is 3.65. The van der Waals surface area contributed by atoms with E-state index in [1.807, 2.05) is 0 Å². The Morgan fingerprint density at radius 3 is 2.56 bits per heavy atom. The average molecular weight is 386 g/mol. The Labute approximate surface area is 154 Å². The van der Waals surface area contributed by atoms with E-state index in [0.29, 0.717) is 0 Å². The van der Waals surface area contributed by atoms with Gasteiger partial charge in [-0.15, -0.1) is 0 Å². The van der Waals surface area contributed by atoms with Crippen LogP contribution < -0.4 is 4.74 Å². The van der Waals surface area contributed by atoms with Crippen molar-refractivity contribution in [3.05, 3.63) is 23.9 Å². The van der Waals surface area contributed by atoms with Crippen molar-refractivity contribution in [1.82, 2.24) is 9.88 Å². The van der Waals surface area contributed by atoms with Crippen molar-refractivity contribution >= 4 is 11.9 Å². The van der Waals surface area contributed by atoms with Crippen LogP contribution in [0.3, 0.4) is 0 Å². The molecule has 1 N–H and O–H groups in total. The highest BCUT2D eigenvalue weighted by Crippen LogP contribution is 2.46. The lowest BCUT2D eigenvalue weighted by atomic mass is 9.86. The molecule has 1 aliphatic heterocycles. The Hall–Kier alpha value is -2.32. The molecule has 2 aliphatic rings. The van der Waals surface area contributed by atoms with Gasteiger partial charge in [-0.25, -0.2) is 4.98 Å². The van der Waals surface area contributed by atoms with Crippen LogP contribution in [0.5, 0.6) is 5.88 Å². The van der Waals surface area contributed by atoms with Gasteiger partial charge in [-0.1, -0.05) is 6.42 Å². The molecule has 1 atom stereocenters. The summed E-state index contributed by atoms with van der Waals surface area (Å²) in [6, 6.07) is 2.80. The van der Waals surface area contributed by atoms with Crippen LogP contribution in [0.1, 0.15) is 48.9 Å². The summed E-state index contributed by atoms with van der Waals surface area (Å²) in [5.74, 6) is -2.35. The summed E-state index contributed by atoms with van der Waals surface area (Å²) in [6.07, 6.45) is 0.888. The molecule has 2 fully saturated rings. The fraction of sp³-hybridized carbons (Fsp3) is 0.611. The number of hydrogen-bond donors (Lipinski definition) is 1. The van der Waals surface area contributed by atoms with Crippen molar-refractivity contribution in [2.24, 2.45) is 5.41 Å². The van der Waals surface area contributed by atoms with Gasteiger partial charge in [-0.3, -0.25) is 9.59 Å². The number of rotatable bonds is 4. The summed E-state index contributed by atoms with van der Waals surface area (Å²) in [5.41, 5.74) is -2.78. The first-order valence-electron chi connectivity index (χ1n) is 8.95. The number of carbonyl (C=O) groups is 2. The van der Waals surface area contributed by atoms with Crippen LogP contribution in [0.4, 0.5) is 13.2 Å². The molecule has 6 nitrogen and oxygen atoms in total. The smallest absolute Gasteiger partial charge is 0.406 e. The summed E-state index contributed by atoms with van der Waals surface area (Å²) in [5, 5.41) is 9.11. The zero-order valence-corrected chi connectivity index (χ0v) is 14.7. The van der Waals surface area contributed by atoms with E-state index in [2.05, 4.69) is 4.98 Å². The van der Waals surface area contributed by atoms with E-state index < -0.39 is 36.4 Å². The second-order valence-corrected chi connectivity index (χ2v) is 7.12. The lowest BCUT2D eigenvalue weighted by Crippen LogP contribution is -2.47. The molecule has 1 saturated carbocycles. The topological polar surface area (TPSA) is 79.7 Å². The highest BCUT2D eigenvalue weighted by Gasteiger charge is 2.64. The predicted molar refractivity (Wildman–Crippen MR) is 88.4 cm³/mol. The minimum atomic E-state index is -4.93. The maximum atomic E-state index is 13.3. The number of amides is 1. The summed E-state index contributed by atoms with van der Waals surface area (Å²) >= 11 is 0. The molecule has 27 heavy (non-hydrogen) atoms. The lowest BCUT2D eigenvalue weighted by molar-refractivity contribution is -0.227. The number of alkyl halides is 3. The van der Waals surface area contributed by atoms with Crippen molar-refractivity contribution in [3.8, 4) is 5.88 Å². The zero-order chi connectivity index (χ0) is 19.7. The molecule has 9 heteroatoms. The van der Waals surface area contributed by atoms with E-state index in [4.69, 9.17) is 9.84 Å². The number of pyridine rings is 1. The van der Waals surface area contributed by atoms with E-state index in [9.17, 15) is 22.8 Å². The molecule has 0 spiro atoms. The number of ether oxygens (including phenoxy) is 1. The van der Waals surface area contributed by atoms with Crippen LogP contribution in [0, 0.1) is 5.41 Å². The molecule has 1 aromatic heterocycles. The molecule has 148 valence electrons. The van der Waals surface area contributed by atoms with Crippen molar-refractivity contribution in [2.75, 3.05) is 13.1 Å². The first-order valence-corrected chi connectivity index (χ1v) is 8.95. The Morgan fingerprint density at radius 1 is 1.26 bits per heavy atom. The quantitative estimate of drug-likeness (QED) is 0.859. The zero-order valence-electron chi connectivity index (χ0n) is 14.7. The third-order valence-corrected chi connectivity index (χ3v) is 5.33. The maximum Gasteiger partial charge on any atom is 0.406 e. The molecule has 1 unspecified atom stereocenters. The number of nitrogens with zero attached hydrogens (tertiary/aromatic N) is 2. The molecule has 0 aromatic carbocycles. The predicted octanol–water partition coefficient (Wildman–Crippen LogP) is 3.27. The standard InChI is InChI=1S/C18H21F3N2O4/c19-18(20,21)17(16(25)26)7-9-23(11-17)15(24)12-6-8-22-14(10-12)27-13-4-2-1-3-5-13/h6,8,10,13H,1-5,7,9,11H2,(H,25,26). The Morgan fingerprint density at radius 2 is 1.96 bits per heavy atom. The second kappa shape index (κ2) is 7.36. The third kappa shape index (κ3) is 3.86. The molecular weight excluding hydrogens is 365 g/mol. The maximum absolute atomic E-state index is 13.3. The SMILES string of the molecule is O=C(c1ccnc(OC2CCCCC2)c1)N1CCC(C(=O)O)(C(F)(F)F)C1. The van der Waals surface area contributed by atoms with Crippen LogP contribution in [0.25, 0.3) is 0 Å². The normalized spacial score (nSPS) is 24.0. The molecule has 1 saturated heterocycles. The van der Waals surface area contributed by atoms with E-state index >= 15 is 0 Å². The Bertz CT molecular complexity index is 719. The van der Waals surface area contributed by atoms with E-state index in [-0.39, 0.29) is 24.1 Å². The molecule has 1 amide bonds. The van der Waals surface area contributed by atoms with Gasteiger partial charge in [0.05, 0.1) is 0 Å². The van der Waals surface area contributed by atoms with E-state index in [1.54, 1.807) is 0 Å². The number of aromatic nitrogens is 1. The Kier molecular flexibility index (Phi) is 5.30. The van der Waals surface area contributed by atoms with E-state index in [0.717, 1.165) is 37.0 Å². The van der Waals surface area contributed by atoms with Crippen molar-refractivity contribution in [3.63, 3.8) is 0 Å². The number of carboxylic acids is 1. The summed E-state index contributed by atoms with van der Waals surface area (Å²) in [6.45, 7) is -1.17. The lowest BCUT2D eigenvalue weighted by Gasteiger charge is -2.27. The molecule has 3 rings (SSSR count). The van der Waals surface area contributed by atoms with Crippen LogP contribution in [0.15, 0.2) is 18.3 Å². The fourth-order valence-corrected chi connectivity index (χ4v) is 3.65. The highest BCUT2D eigenvalue weighted by molar-refractivity contribution is 5.95. The van der Waals surface area contributed by atoms with Gasteiger partial charge in [0.25, 0.3) is 5.91 Å². The monoisotopic (exact) mass is 386 g/mol. The number of aliphatic carboxylic acids is 1. The van der Waals surface area contributed by atoms with E-state index in [1.165, 1.54) is 18.3 Å². The van der Waals surface area contributed by atoms with Crippen LogP contribution in [-0.4, -0.2) is 52.2 Å². The number of likely N-dealkylation sites (tertiary alicyclic amines) is 1. The van der Waals surface area contributed by atoms with Gasteiger partial charge in [0.15, 0.2) is 5.41 Å². The third-order valence-electron chi connectivity index (χ3n) is 5.33. The van der Waals surface area contributed by atoms with Gasteiger partial charge in [-0.05, 0) is 38.2 Å². The van der Waals surface area contributed by atoms with Gasteiger partial charge < -0.3 is 14.7 Å². The first-order chi connectivity index (χ1) is 12.7. The number of hydrogen-bond acceptors (Lipinski definition) is 4. The summed E-state index contributed by atoms with van der Waals surface area (Å²) in [4.78, 5) is 28.9. The van der Waals surface area contributed by atoms with Crippen molar-refractivity contribution < 1.29 is 32.6 Å². The number of carbonyl (C=O) groups excluding carboxylic acids is 1. The van der Waals surface area contributed by atoms with Gasteiger partial charge in [0.2, 0.25) is 5.88 Å². The molecule has 0 bridgehead atoms. The molecular formula is C18H21F3N2O4. The Balaban J connectivity index is 1.73. The van der Waals surface area contributed by atoms with Gasteiger partial charge in [0.1, 0.15) is 6.10 Å². The van der Waals surface area contributed by atoms with Crippen LogP contribution >= 0.6 is 0 Å². The van der Waals surface area contributed by atoms with Crippen molar-refractivity contribution in [2.45, 2.75) is 50.8 Å². The summed E-state index contributed by atoms with van der Waals surface area (Å²) < 4.78 is 45.6. The average Bonchev–Trinajstić information content (AvgIpc) is 3.09. The second-order valence-electron chi connectivity index (χ2n) is 7.12. The minimum absolute atomic E-state index is 0.0216. The first kappa shape index (κ1) is 19.4. The minimum Gasteiger partial charge on any atom is -0.481 e. The molecule has 0 radical (unpaired) electrons.